The number of likely N-dealkylation sites (N-methyl/N-ethyl adjacent to an activating group) is 1. The molecule has 0 bridgehead atoms. The van der Waals surface area contributed by atoms with Crippen LogP contribution in [0.2, 0.25) is 0 Å². The van der Waals surface area contributed by atoms with Gasteiger partial charge in [-0.3, -0.25) is 9.69 Å². The molecule has 10 heteroatoms. The molecule has 1 N–H and O–H groups in total. The summed E-state index contributed by atoms with van der Waals surface area (Å²) in [7, 11) is 3.12. The highest BCUT2D eigenvalue weighted by Crippen LogP contribution is 2.35. The zero-order valence-corrected chi connectivity index (χ0v) is 16.0. The van der Waals surface area contributed by atoms with Gasteiger partial charge >= 0.3 is 5.97 Å². The van der Waals surface area contributed by atoms with Crippen LogP contribution in [0.4, 0.5) is 5.13 Å². The maximum atomic E-state index is 12.5. The van der Waals surface area contributed by atoms with Crippen molar-refractivity contribution in [3.05, 3.63) is 40.2 Å². The lowest BCUT2D eigenvalue weighted by Crippen LogP contribution is -2.23. The van der Waals surface area contributed by atoms with Gasteiger partial charge in [-0.25, -0.2) is 9.78 Å². The third-order valence-corrected chi connectivity index (χ3v) is 5.18. The summed E-state index contributed by atoms with van der Waals surface area (Å²) < 4.78 is 10.4. The van der Waals surface area contributed by atoms with Crippen molar-refractivity contribution >= 4 is 51.4 Å². The molecular formula is C17H15N3O5S2. The number of rotatable bonds is 6. The minimum absolute atomic E-state index is 0.166. The largest absolute Gasteiger partial charge is 0.493 e. The second-order valence-electron chi connectivity index (χ2n) is 5.28. The van der Waals surface area contributed by atoms with Gasteiger partial charge in [-0.05, 0) is 35.5 Å². The number of amides is 1. The van der Waals surface area contributed by atoms with E-state index in [9.17, 15) is 9.59 Å². The van der Waals surface area contributed by atoms with Gasteiger partial charge in [0.15, 0.2) is 23.3 Å². The van der Waals surface area contributed by atoms with Gasteiger partial charge in [-0.2, -0.15) is 4.99 Å². The number of aliphatic imine (C=N–C) groups is 1. The molecule has 2 heterocycles. The van der Waals surface area contributed by atoms with Crippen molar-refractivity contribution in [3.8, 4) is 11.5 Å². The zero-order valence-electron chi connectivity index (χ0n) is 14.4. The van der Waals surface area contributed by atoms with E-state index >= 15 is 0 Å². The summed E-state index contributed by atoms with van der Waals surface area (Å²) >= 11 is 2.65. The number of ether oxygens (including phenoxy) is 2. The average Bonchev–Trinajstić information content (AvgIpc) is 3.25. The minimum atomic E-state index is -1.08. The van der Waals surface area contributed by atoms with Crippen molar-refractivity contribution in [3.63, 3.8) is 0 Å². The Labute approximate surface area is 163 Å². The topological polar surface area (TPSA) is 101 Å². The maximum absolute atomic E-state index is 12.5. The van der Waals surface area contributed by atoms with Crippen molar-refractivity contribution in [2.75, 3.05) is 20.8 Å². The summed E-state index contributed by atoms with van der Waals surface area (Å²) in [5.74, 6) is -0.548. The Hall–Kier alpha value is -2.85. The predicted molar refractivity (Wildman–Crippen MR) is 104 cm³/mol. The molecule has 0 aliphatic carbocycles. The molecular weight excluding hydrogens is 390 g/mol. The van der Waals surface area contributed by atoms with E-state index in [4.69, 9.17) is 14.6 Å². The number of thiazole rings is 1. The van der Waals surface area contributed by atoms with Crippen LogP contribution in [0.5, 0.6) is 11.5 Å². The summed E-state index contributed by atoms with van der Waals surface area (Å²) in [6, 6.07) is 5.00. The van der Waals surface area contributed by atoms with E-state index in [-0.39, 0.29) is 5.91 Å². The normalized spacial score (nSPS) is 17.0. The first-order valence-corrected chi connectivity index (χ1v) is 9.36. The first-order chi connectivity index (χ1) is 13.0. The average molecular weight is 405 g/mol. The molecule has 0 saturated carbocycles. The van der Waals surface area contributed by atoms with E-state index in [1.807, 2.05) is 5.38 Å². The predicted octanol–water partition coefficient (Wildman–Crippen LogP) is 2.85. The SMILES string of the molecule is COc1cc(/C=C2/S/C(=N/c3nccs3)N(C)C2=O)ccc1OCC(=O)O. The number of benzene rings is 1. The number of carboxylic acid groups (broad SMARTS) is 1. The molecule has 0 unspecified atom stereocenters. The molecule has 1 aromatic carbocycles. The van der Waals surface area contributed by atoms with Crippen LogP contribution in [0.3, 0.4) is 0 Å². The number of amidine groups is 1. The first-order valence-electron chi connectivity index (χ1n) is 7.66. The fourth-order valence-electron chi connectivity index (χ4n) is 2.19. The van der Waals surface area contributed by atoms with E-state index in [2.05, 4.69) is 9.98 Å². The molecule has 2 aromatic rings. The molecule has 1 fully saturated rings. The van der Waals surface area contributed by atoms with Crippen LogP contribution in [-0.4, -0.2) is 52.8 Å². The van der Waals surface area contributed by atoms with Gasteiger partial charge in [-0.15, -0.1) is 11.3 Å². The summed E-state index contributed by atoms with van der Waals surface area (Å²) in [6.45, 7) is -0.466. The Morgan fingerprint density at radius 1 is 1.41 bits per heavy atom. The molecule has 3 rings (SSSR count). The lowest BCUT2D eigenvalue weighted by atomic mass is 10.2. The second-order valence-corrected chi connectivity index (χ2v) is 7.16. The van der Waals surface area contributed by atoms with E-state index in [0.29, 0.717) is 32.3 Å². The molecule has 27 heavy (non-hydrogen) atoms. The zero-order chi connectivity index (χ0) is 19.4. The molecule has 0 spiro atoms. The molecule has 8 nitrogen and oxygen atoms in total. The molecule has 1 aliphatic rings. The highest BCUT2D eigenvalue weighted by Gasteiger charge is 2.30. The van der Waals surface area contributed by atoms with Crippen molar-refractivity contribution in [1.29, 1.82) is 0 Å². The minimum Gasteiger partial charge on any atom is -0.493 e. The van der Waals surface area contributed by atoms with Crippen molar-refractivity contribution in [1.82, 2.24) is 9.88 Å². The van der Waals surface area contributed by atoms with Crippen LogP contribution >= 0.6 is 23.1 Å². The first kappa shape index (κ1) is 18.9. The van der Waals surface area contributed by atoms with Crippen LogP contribution in [-0.2, 0) is 9.59 Å². The number of hydrogen-bond donors (Lipinski definition) is 1. The van der Waals surface area contributed by atoms with Gasteiger partial charge in [0, 0.05) is 18.6 Å². The molecule has 1 aromatic heterocycles. The standard InChI is InChI=1S/C17H15N3O5S2/c1-20-15(23)13(27-17(20)19-16-18-5-6-26-16)8-10-3-4-11(12(7-10)24-2)25-9-14(21)22/h3-8H,9H2,1-2H3,(H,21,22)/b13-8+,19-17+. The fourth-order valence-corrected chi connectivity index (χ4v) is 3.72. The van der Waals surface area contributed by atoms with Gasteiger partial charge in [0.1, 0.15) is 0 Å². The molecule has 0 radical (unpaired) electrons. The lowest BCUT2D eigenvalue weighted by Gasteiger charge is -2.09. The number of aromatic nitrogens is 1. The Kier molecular flexibility index (Phi) is 5.77. The quantitative estimate of drug-likeness (QED) is 0.738. The number of carbonyl (C=O) groups excluding carboxylic acids is 1. The molecule has 0 atom stereocenters. The van der Waals surface area contributed by atoms with Crippen molar-refractivity contribution in [2.45, 2.75) is 0 Å². The van der Waals surface area contributed by atoms with Gasteiger partial charge in [0.05, 0.1) is 12.0 Å². The maximum Gasteiger partial charge on any atom is 0.341 e. The highest BCUT2D eigenvalue weighted by atomic mass is 32.2. The Balaban J connectivity index is 1.83. The van der Waals surface area contributed by atoms with Crippen LogP contribution in [0.1, 0.15) is 5.56 Å². The smallest absolute Gasteiger partial charge is 0.341 e. The molecule has 1 aliphatic heterocycles. The summed E-state index contributed by atoms with van der Waals surface area (Å²) in [5, 5.41) is 11.7. The Bertz CT molecular complexity index is 925. The monoisotopic (exact) mass is 405 g/mol. The summed E-state index contributed by atoms with van der Waals surface area (Å²) in [5.41, 5.74) is 0.717. The lowest BCUT2D eigenvalue weighted by molar-refractivity contribution is -0.139. The van der Waals surface area contributed by atoms with Gasteiger partial charge in [-0.1, -0.05) is 6.07 Å². The van der Waals surface area contributed by atoms with Crippen LogP contribution in [0.25, 0.3) is 6.08 Å². The van der Waals surface area contributed by atoms with Crippen LogP contribution in [0.15, 0.2) is 39.7 Å². The van der Waals surface area contributed by atoms with E-state index in [1.165, 1.54) is 35.1 Å². The summed E-state index contributed by atoms with van der Waals surface area (Å²) in [4.78, 5) is 33.6. The van der Waals surface area contributed by atoms with Crippen molar-refractivity contribution in [2.24, 2.45) is 4.99 Å². The number of nitrogens with zero attached hydrogens (tertiary/aromatic N) is 3. The third-order valence-electron chi connectivity index (χ3n) is 3.45. The number of methoxy groups -OCH3 is 1. The molecule has 140 valence electrons. The van der Waals surface area contributed by atoms with Crippen molar-refractivity contribution < 1.29 is 24.2 Å². The van der Waals surface area contributed by atoms with E-state index in [1.54, 1.807) is 37.5 Å². The van der Waals surface area contributed by atoms with Crippen LogP contribution < -0.4 is 9.47 Å². The second kappa shape index (κ2) is 8.23. The van der Waals surface area contributed by atoms with Gasteiger partial charge in [0.25, 0.3) is 5.91 Å². The van der Waals surface area contributed by atoms with Gasteiger partial charge in [0.2, 0.25) is 5.13 Å². The Morgan fingerprint density at radius 2 is 2.22 bits per heavy atom. The number of carbonyl (C=O) groups is 2. The van der Waals surface area contributed by atoms with Crippen LogP contribution in [0, 0.1) is 0 Å². The summed E-state index contributed by atoms with van der Waals surface area (Å²) in [6.07, 6.45) is 3.37. The number of hydrogen-bond acceptors (Lipinski definition) is 8. The Morgan fingerprint density at radius 3 is 2.89 bits per heavy atom. The van der Waals surface area contributed by atoms with Gasteiger partial charge < -0.3 is 14.6 Å². The van der Waals surface area contributed by atoms with E-state index < -0.39 is 12.6 Å². The number of aliphatic carboxylic acids is 1. The molecule has 1 amide bonds. The number of thioether (sulfide) groups is 1. The third kappa shape index (κ3) is 4.47. The van der Waals surface area contributed by atoms with E-state index in [0.717, 1.165) is 0 Å². The highest BCUT2D eigenvalue weighted by molar-refractivity contribution is 8.18. The number of carboxylic acids is 1. The fraction of sp³-hybridized carbons (Fsp3) is 0.176. The molecule has 1 saturated heterocycles.